The Balaban J connectivity index is 2.35. The van der Waals surface area contributed by atoms with Gasteiger partial charge in [0.15, 0.2) is 0 Å². The van der Waals surface area contributed by atoms with Gasteiger partial charge in [0.05, 0.1) is 6.42 Å². The lowest BCUT2D eigenvalue weighted by molar-refractivity contribution is -0.137. The number of hydrogen-bond donors (Lipinski definition) is 2. The van der Waals surface area contributed by atoms with Crippen LogP contribution in [-0.2, 0) is 4.79 Å². The van der Waals surface area contributed by atoms with E-state index in [0.29, 0.717) is 13.1 Å². The molecule has 1 heterocycles. The number of carbonyl (C=O) groups is 2. The first kappa shape index (κ1) is 11.8. The van der Waals surface area contributed by atoms with Crippen LogP contribution < -0.4 is 5.73 Å². The molecule has 6 heteroatoms. The number of rotatable bonds is 3. The van der Waals surface area contributed by atoms with Crippen LogP contribution in [0.3, 0.4) is 0 Å². The summed E-state index contributed by atoms with van der Waals surface area (Å²) in [5, 5.41) is 8.48. The van der Waals surface area contributed by atoms with Crippen molar-refractivity contribution in [1.82, 2.24) is 9.80 Å². The number of hydrogen-bond acceptors (Lipinski definition) is 3. The molecule has 0 aliphatic carbocycles. The fraction of sp³-hybridized carbons (Fsp3) is 0.778. The van der Waals surface area contributed by atoms with Gasteiger partial charge in [-0.25, -0.2) is 4.79 Å². The minimum absolute atomic E-state index is 0.0257. The van der Waals surface area contributed by atoms with Crippen LogP contribution in [0, 0.1) is 0 Å². The average molecular weight is 215 g/mol. The summed E-state index contributed by atoms with van der Waals surface area (Å²) in [6.45, 7) is 1.47. The van der Waals surface area contributed by atoms with Gasteiger partial charge in [-0.05, 0) is 6.42 Å². The van der Waals surface area contributed by atoms with Crippen LogP contribution in [0.25, 0.3) is 0 Å². The maximum Gasteiger partial charge on any atom is 0.319 e. The Labute approximate surface area is 88.6 Å². The molecule has 2 amide bonds. The van der Waals surface area contributed by atoms with Crippen LogP contribution in [0.15, 0.2) is 0 Å². The van der Waals surface area contributed by atoms with Crippen molar-refractivity contribution in [3.63, 3.8) is 0 Å². The summed E-state index contributed by atoms with van der Waals surface area (Å²) in [6, 6.07) is -0.0778. The molecule has 86 valence electrons. The Kier molecular flexibility index (Phi) is 3.90. The Morgan fingerprint density at radius 3 is 2.73 bits per heavy atom. The molecule has 1 unspecified atom stereocenters. The fourth-order valence-electron chi connectivity index (χ4n) is 1.56. The molecule has 0 saturated carbocycles. The van der Waals surface area contributed by atoms with E-state index in [1.807, 2.05) is 0 Å². The van der Waals surface area contributed by atoms with Gasteiger partial charge in [0.2, 0.25) is 0 Å². The van der Waals surface area contributed by atoms with Crippen molar-refractivity contribution in [2.75, 3.05) is 26.7 Å². The van der Waals surface area contributed by atoms with E-state index in [1.54, 1.807) is 11.9 Å². The molecule has 15 heavy (non-hydrogen) atoms. The molecule has 1 saturated heterocycles. The highest BCUT2D eigenvalue weighted by Gasteiger charge is 2.25. The summed E-state index contributed by atoms with van der Waals surface area (Å²) in [6.07, 6.45) is 0.792. The third-order valence-corrected chi connectivity index (χ3v) is 2.48. The molecule has 1 atom stereocenters. The van der Waals surface area contributed by atoms with E-state index in [9.17, 15) is 9.59 Å². The Hall–Kier alpha value is -1.30. The Morgan fingerprint density at radius 2 is 2.27 bits per heavy atom. The Morgan fingerprint density at radius 1 is 1.60 bits per heavy atom. The van der Waals surface area contributed by atoms with Crippen LogP contribution >= 0.6 is 0 Å². The number of nitrogens with zero attached hydrogens (tertiary/aromatic N) is 2. The lowest BCUT2D eigenvalue weighted by Crippen LogP contribution is -2.41. The van der Waals surface area contributed by atoms with Crippen LogP contribution in [0.2, 0.25) is 0 Å². The zero-order valence-corrected chi connectivity index (χ0v) is 8.85. The third-order valence-electron chi connectivity index (χ3n) is 2.48. The second-order valence-electron chi connectivity index (χ2n) is 3.84. The minimum atomic E-state index is -0.896. The molecule has 1 rings (SSSR count). The van der Waals surface area contributed by atoms with Gasteiger partial charge in [-0.15, -0.1) is 0 Å². The molecule has 0 bridgehead atoms. The van der Waals surface area contributed by atoms with Crippen LogP contribution in [0.4, 0.5) is 4.79 Å². The van der Waals surface area contributed by atoms with E-state index in [0.717, 1.165) is 6.42 Å². The molecular weight excluding hydrogens is 198 g/mol. The number of carboxylic acid groups (broad SMARTS) is 1. The van der Waals surface area contributed by atoms with Gasteiger partial charge >= 0.3 is 12.0 Å². The molecule has 0 radical (unpaired) electrons. The van der Waals surface area contributed by atoms with Gasteiger partial charge in [-0.3, -0.25) is 4.79 Å². The molecule has 0 aromatic heterocycles. The van der Waals surface area contributed by atoms with Gasteiger partial charge in [0, 0.05) is 32.7 Å². The smallest absolute Gasteiger partial charge is 0.319 e. The van der Waals surface area contributed by atoms with Gasteiger partial charge in [-0.2, -0.15) is 0 Å². The topological polar surface area (TPSA) is 86.9 Å². The monoisotopic (exact) mass is 215 g/mol. The maximum absolute atomic E-state index is 11.7. The first-order chi connectivity index (χ1) is 7.00. The molecule has 1 aliphatic rings. The molecular formula is C9H17N3O3. The number of urea groups is 1. The van der Waals surface area contributed by atoms with Crippen molar-refractivity contribution in [3.8, 4) is 0 Å². The largest absolute Gasteiger partial charge is 0.481 e. The van der Waals surface area contributed by atoms with E-state index in [1.165, 1.54) is 4.90 Å². The van der Waals surface area contributed by atoms with E-state index in [4.69, 9.17) is 10.8 Å². The van der Waals surface area contributed by atoms with Crippen molar-refractivity contribution < 1.29 is 14.7 Å². The van der Waals surface area contributed by atoms with E-state index < -0.39 is 5.97 Å². The van der Waals surface area contributed by atoms with Crippen molar-refractivity contribution in [2.24, 2.45) is 5.73 Å². The highest BCUT2D eigenvalue weighted by Crippen LogP contribution is 2.09. The molecule has 3 N–H and O–H groups in total. The number of aliphatic carboxylic acids is 1. The molecule has 1 fully saturated rings. The quantitative estimate of drug-likeness (QED) is 0.667. The van der Waals surface area contributed by atoms with Crippen LogP contribution in [0.1, 0.15) is 12.8 Å². The zero-order chi connectivity index (χ0) is 11.4. The van der Waals surface area contributed by atoms with Gasteiger partial charge < -0.3 is 20.6 Å². The van der Waals surface area contributed by atoms with Crippen LogP contribution in [0.5, 0.6) is 0 Å². The summed E-state index contributed by atoms with van der Waals surface area (Å²) < 4.78 is 0. The van der Waals surface area contributed by atoms with Crippen molar-refractivity contribution in [2.45, 2.75) is 18.9 Å². The maximum atomic E-state index is 11.7. The zero-order valence-electron chi connectivity index (χ0n) is 8.85. The SMILES string of the molecule is CN(CCC(=O)O)C(=O)N1CCC(N)C1. The first-order valence-electron chi connectivity index (χ1n) is 4.98. The highest BCUT2D eigenvalue weighted by molar-refractivity contribution is 5.75. The van der Waals surface area contributed by atoms with Gasteiger partial charge in [0.1, 0.15) is 0 Å². The van der Waals surface area contributed by atoms with Gasteiger partial charge in [0.25, 0.3) is 0 Å². The number of amides is 2. The van der Waals surface area contributed by atoms with Crippen molar-refractivity contribution in [1.29, 1.82) is 0 Å². The summed E-state index contributed by atoms with van der Waals surface area (Å²) >= 11 is 0. The van der Waals surface area contributed by atoms with Crippen LogP contribution in [-0.4, -0.2) is 59.6 Å². The van der Waals surface area contributed by atoms with E-state index in [-0.39, 0.29) is 25.0 Å². The number of carbonyl (C=O) groups excluding carboxylic acids is 1. The summed E-state index contributed by atoms with van der Waals surface area (Å²) in [4.78, 5) is 25.1. The standard InChI is InChI=1S/C9H17N3O3/c1-11(4-3-8(13)14)9(15)12-5-2-7(10)6-12/h7H,2-6,10H2,1H3,(H,13,14). The summed E-state index contributed by atoms with van der Waals surface area (Å²) in [5.41, 5.74) is 5.68. The number of carboxylic acids is 1. The normalized spacial score (nSPS) is 20.4. The Bertz CT molecular complexity index is 257. The van der Waals surface area contributed by atoms with E-state index in [2.05, 4.69) is 0 Å². The number of likely N-dealkylation sites (tertiary alicyclic amines) is 1. The number of nitrogens with two attached hydrogens (primary N) is 1. The van der Waals surface area contributed by atoms with Crippen molar-refractivity contribution >= 4 is 12.0 Å². The first-order valence-corrected chi connectivity index (χ1v) is 4.98. The van der Waals surface area contributed by atoms with E-state index >= 15 is 0 Å². The predicted molar refractivity (Wildman–Crippen MR) is 54.4 cm³/mol. The molecule has 0 aromatic carbocycles. The van der Waals surface area contributed by atoms with Gasteiger partial charge in [-0.1, -0.05) is 0 Å². The summed E-state index contributed by atoms with van der Waals surface area (Å²) in [5.74, 6) is -0.896. The minimum Gasteiger partial charge on any atom is -0.481 e. The molecule has 6 nitrogen and oxygen atoms in total. The predicted octanol–water partition coefficient (Wildman–Crippen LogP) is -0.454. The summed E-state index contributed by atoms with van der Waals surface area (Å²) in [7, 11) is 1.61. The molecule has 0 aromatic rings. The second-order valence-corrected chi connectivity index (χ2v) is 3.84. The lowest BCUT2D eigenvalue weighted by Gasteiger charge is -2.23. The molecule has 0 spiro atoms. The molecule has 1 aliphatic heterocycles. The average Bonchev–Trinajstić information content (AvgIpc) is 2.60. The second kappa shape index (κ2) is 4.97. The lowest BCUT2D eigenvalue weighted by atomic mass is 10.3. The third kappa shape index (κ3) is 3.39. The fourth-order valence-corrected chi connectivity index (χ4v) is 1.56. The van der Waals surface area contributed by atoms with Crippen molar-refractivity contribution in [3.05, 3.63) is 0 Å². The highest BCUT2D eigenvalue weighted by atomic mass is 16.4.